The highest BCUT2D eigenvalue weighted by atomic mass is 19.3. The van der Waals surface area contributed by atoms with Crippen molar-refractivity contribution in [2.75, 3.05) is 11.9 Å². The number of anilines is 1. The number of carbonyl (C=O) groups is 1. The molecule has 0 saturated carbocycles. The van der Waals surface area contributed by atoms with Gasteiger partial charge in [0.05, 0.1) is 6.04 Å². The average Bonchev–Trinajstić information content (AvgIpc) is 2.66. The fourth-order valence-electron chi connectivity index (χ4n) is 2.21. The third kappa shape index (κ3) is 5.35. The van der Waals surface area contributed by atoms with Crippen LogP contribution in [0.4, 0.5) is 23.4 Å². The van der Waals surface area contributed by atoms with Gasteiger partial charge in [-0.3, -0.25) is 9.80 Å². The van der Waals surface area contributed by atoms with E-state index in [0.29, 0.717) is 17.8 Å². The largest absolute Gasteiger partial charge is 0.471 e. The summed E-state index contributed by atoms with van der Waals surface area (Å²) in [6.45, 7) is 1.99. The van der Waals surface area contributed by atoms with Gasteiger partial charge < -0.3 is 15.5 Å². The van der Waals surface area contributed by atoms with Crippen molar-refractivity contribution in [2.24, 2.45) is 0 Å². The van der Waals surface area contributed by atoms with Crippen LogP contribution >= 0.6 is 0 Å². The van der Waals surface area contributed by atoms with Crippen LogP contribution in [0.3, 0.4) is 0 Å². The number of aromatic nitrogens is 1. The molecule has 1 aliphatic rings. The van der Waals surface area contributed by atoms with E-state index in [9.17, 15) is 22.4 Å². The third-order valence-corrected chi connectivity index (χ3v) is 3.76. The molecule has 1 unspecified atom stereocenters. The Morgan fingerprint density at radius 3 is 2.85 bits per heavy atom. The molecule has 2 rings (SSSR count). The fraction of sp³-hybridized carbons (Fsp3) is 0.412. The summed E-state index contributed by atoms with van der Waals surface area (Å²) in [5.74, 6) is -4.16. The molecule has 1 atom stereocenters. The van der Waals surface area contributed by atoms with Crippen LogP contribution in [0.25, 0.3) is 0 Å². The summed E-state index contributed by atoms with van der Waals surface area (Å²) >= 11 is 0. The maximum absolute atomic E-state index is 13.2. The molecule has 0 aromatic carbocycles. The number of hydrogen-bond acceptors (Lipinski definition) is 5. The zero-order valence-corrected chi connectivity index (χ0v) is 14.8. The van der Waals surface area contributed by atoms with Crippen LogP contribution in [-0.4, -0.2) is 34.9 Å². The Hall–Kier alpha value is -2.78. The van der Waals surface area contributed by atoms with Gasteiger partial charge in [0.2, 0.25) is 11.8 Å². The number of ether oxygens (including phenoxy) is 1. The predicted molar refractivity (Wildman–Crippen MR) is 90.7 cm³/mol. The van der Waals surface area contributed by atoms with Crippen molar-refractivity contribution >= 4 is 11.7 Å². The molecular weight excluding hydrogens is 368 g/mol. The summed E-state index contributed by atoms with van der Waals surface area (Å²) < 4.78 is 55.9. The van der Waals surface area contributed by atoms with Gasteiger partial charge in [-0.15, -0.1) is 0 Å². The quantitative estimate of drug-likeness (QED) is 0.667. The number of hydrazine groups is 1. The van der Waals surface area contributed by atoms with Crippen molar-refractivity contribution in [3.05, 3.63) is 48.1 Å². The Balaban J connectivity index is 2.13. The first kappa shape index (κ1) is 20.5. The van der Waals surface area contributed by atoms with Crippen LogP contribution in [0.5, 0.6) is 0 Å². The van der Waals surface area contributed by atoms with Crippen LogP contribution in [-0.2, 0) is 9.53 Å². The van der Waals surface area contributed by atoms with E-state index < -0.39 is 25.0 Å². The minimum absolute atomic E-state index is 0.0405. The molecule has 27 heavy (non-hydrogen) atoms. The number of halogens is 4. The van der Waals surface area contributed by atoms with Gasteiger partial charge in [0.1, 0.15) is 5.82 Å². The van der Waals surface area contributed by atoms with E-state index in [1.54, 1.807) is 26.0 Å². The summed E-state index contributed by atoms with van der Waals surface area (Å²) in [7, 11) is 0. The second-order valence-corrected chi connectivity index (χ2v) is 5.77. The second kappa shape index (κ2) is 8.74. The highest BCUT2D eigenvalue weighted by molar-refractivity contribution is 5.89. The summed E-state index contributed by atoms with van der Waals surface area (Å²) in [6, 6.07) is 2.86. The van der Waals surface area contributed by atoms with Gasteiger partial charge in [0.25, 0.3) is 0 Å². The standard InChI is InChI=1S/C17H20F4N4O2/c1-3-14(26)24-13-9-12(6-8-22-13)11(2)25-15(5-4-7-23-25)27-10-17(20,21)16(18)19/h4-9,11,16,23H,3,10H2,1-2H3,(H,22,24,26). The first-order chi connectivity index (χ1) is 12.7. The molecule has 0 spiro atoms. The lowest BCUT2D eigenvalue weighted by molar-refractivity contribution is -0.164. The number of rotatable bonds is 8. The fourth-order valence-corrected chi connectivity index (χ4v) is 2.21. The molecule has 1 aromatic heterocycles. The first-order valence-corrected chi connectivity index (χ1v) is 8.21. The molecule has 1 aliphatic heterocycles. The molecule has 0 aliphatic carbocycles. The maximum atomic E-state index is 13.2. The molecular formula is C17H20F4N4O2. The molecule has 0 saturated heterocycles. The number of allylic oxidation sites excluding steroid dienone is 2. The second-order valence-electron chi connectivity index (χ2n) is 5.77. The van der Waals surface area contributed by atoms with Gasteiger partial charge in [-0.1, -0.05) is 6.92 Å². The number of carbonyl (C=O) groups excluding carboxylic acids is 1. The lowest BCUT2D eigenvalue weighted by Crippen LogP contribution is -2.40. The van der Waals surface area contributed by atoms with E-state index >= 15 is 0 Å². The van der Waals surface area contributed by atoms with E-state index in [1.807, 2.05) is 0 Å². The van der Waals surface area contributed by atoms with Crippen molar-refractivity contribution in [3.8, 4) is 0 Å². The first-order valence-electron chi connectivity index (χ1n) is 8.21. The molecule has 148 valence electrons. The highest BCUT2D eigenvalue weighted by Gasteiger charge is 2.42. The summed E-state index contributed by atoms with van der Waals surface area (Å²) in [5, 5.41) is 4.03. The molecule has 0 bridgehead atoms. The third-order valence-electron chi connectivity index (χ3n) is 3.76. The lowest BCUT2D eigenvalue weighted by Gasteiger charge is -2.34. The topological polar surface area (TPSA) is 66.5 Å². The average molecular weight is 388 g/mol. The van der Waals surface area contributed by atoms with Gasteiger partial charge in [-0.25, -0.2) is 13.8 Å². The van der Waals surface area contributed by atoms with Crippen molar-refractivity contribution in [3.63, 3.8) is 0 Å². The molecule has 1 aromatic rings. The number of nitrogens with one attached hydrogen (secondary N) is 2. The lowest BCUT2D eigenvalue weighted by atomic mass is 10.1. The summed E-state index contributed by atoms with van der Waals surface area (Å²) in [6.07, 6.45) is 2.38. The predicted octanol–water partition coefficient (Wildman–Crippen LogP) is 3.58. The smallest absolute Gasteiger partial charge is 0.340 e. The van der Waals surface area contributed by atoms with Crippen molar-refractivity contribution in [1.82, 2.24) is 15.4 Å². The molecule has 6 nitrogen and oxygen atoms in total. The Morgan fingerprint density at radius 2 is 2.19 bits per heavy atom. The van der Waals surface area contributed by atoms with Gasteiger partial charge in [-0.05, 0) is 30.7 Å². The zero-order chi connectivity index (χ0) is 20.0. The van der Waals surface area contributed by atoms with Crippen molar-refractivity contribution < 1.29 is 27.1 Å². The van der Waals surface area contributed by atoms with Crippen molar-refractivity contribution in [2.45, 2.75) is 38.7 Å². The van der Waals surface area contributed by atoms with Gasteiger partial charge >= 0.3 is 12.3 Å². The van der Waals surface area contributed by atoms with E-state index in [1.165, 1.54) is 29.6 Å². The summed E-state index contributed by atoms with van der Waals surface area (Å²) in [5.41, 5.74) is 3.51. The van der Waals surface area contributed by atoms with E-state index in [0.717, 1.165) is 0 Å². The normalized spacial score (nSPS) is 15.2. The van der Waals surface area contributed by atoms with Crippen LogP contribution in [0, 0.1) is 0 Å². The Labute approximate surface area is 153 Å². The van der Waals surface area contributed by atoms with Gasteiger partial charge in [-0.2, -0.15) is 8.78 Å². The molecule has 0 radical (unpaired) electrons. The van der Waals surface area contributed by atoms with Crippen LogP contribution < -0.4 is 10.7 Å². The highest BCUT2D eigenvalue weighted by Crippen LogP contribution is 2.28. The zero-order valence-electron chi connectivity index (χ0n) is 14.8. The number of nitrogens with zero attached hydrogens (tertiary/aromatic N) is 2. The van der Waals surface area contributed by atoms with Crippen LogP contribution in [0.1, 0.15) is 31.9 Å². The van der Waals surface area contributed by atoms with Gasteiger partial charge in [0, 0.05) is 24.9 Å². The Morgan fingerprint density at radius 1 is 1.44 bits per heavy atom. The minimum atomic E-state index is -4.26. The molecule has 1 amide bonds. The van der Waals surface area contributed by atoms with E-state index in [2.05, 4.69) is 15.7 Å². The monoisotopic (exact) mass is 388 g/mol. The number of amides is 1. The van der Waals surface area contributed by atoms with Crippen LogP contribution in [0.15, 0.2) is 42.6 Å². The Bertz CT molecular complexity index is 725. The number of alkyl halides is 4. The van der Waals surface area contributed by atoms with Gasteiger partial charge in [0.15, 0.2) is 6.61 Å². The van der Waals surface area contributed by atoms with E-state index in [4.69, 9.17) is 4.74 Å². The molecule has 0 fully saturated rings. The summed E-state index contributed by atoms with van der Waals surface area (Å²) in [4.78, 5) is 15.6. The number of hydrogen-bond donors (Lipinski definition) is 2. The van der Waals surface area contributed by atoms with Crippen molar-refractivity contribution in [1.29, 1.82) is 0 Å². The maximum Gasteiger partial charge on any atom is 0.340 e. The molecule has 2 N–H and O–H groups in total. The SMILES string of the molecule is CCC(=O)Nc1cc(C(C)N2NC=CC=C2OCC(F)(F)C(F)F)ccn1. The molecule has 10 heteroatoms. The minimum Gasteiger partial charge on any atom is -0.471 e. The number of pyridine rings is 1. The molecule has 2 heterocycles. The van der Waals surface area contributed by atoms with Crippen LogP contribution in [0.2, 0.25) is 0 Å². The van der Waals surface area contributed by atoms with E-state index in [-0.39, 0.29) is 11.8 Å². The Kier molecular flexibility index (Phi) is 6.65.